The van der Waals surface area contributed by atoms with Crippen molar-refractivity contribution in [2.24, 2.45) is 52.3 Å². The summed E-state index contributed by atoms with van der Waals surface area (Å²) in [4.78, 5) is 13.1. The number of aliphatic hydroxyl groups excluding tert-OH is 2. The van der Waals surface area contributed by atoms with Crippen molar-refractivity contribution in [3.8, 4) is 0 Å². The molecule has 4 saturated carbocycles. The van der Waals surface area contributed by atoms with Crippen molar-refractivity contribution in [1.82, 2.24) is 10.0 Å². The summed E-state index contributed by atoms with van der Waals surface area (Å²) in [6.07, 6.45) is 10.3. The monoisotopic (exact) mass is 628 g/mol. The van der Waals surface area contributed by atoms with Gasteiger partial charge in [-0.3, -0.25) is 0 Å². The first-order valence-corrected chi connectivity index (χ1v) is 18.8. The predicted molar refractivity (Wildman–Crippen MR) is 178 cm³/mol. The average molecular weight is 629 g/mol. The Bertz CT molecular complexity index is 1140. The van der Waals surface area contributed by atoms with Crippen LogP contribution in [0.3, 0.4) is 0 Å². The number of carbonyl (C=O) groups is 1. The third-order valence-corrected chi connectivity index (χ3v) is 14.5. The standard InChI is InChI=1S/C37H60N2O4S/c1-8-27-31-22-25(40)17-19-37(31,7)30-18-20-36(6)28(15-16-29(36)32(30)33(27)41)23(2)10-9-21-38-34(42)39-44(43)26-13-11-24(12-14-26)35(3,4)5/h11-14,23,25,27-33,40-41H,8-10,15-22H2,1-7H3,(H2,38,39,42)/t23-,25-,27-,28-,29+,30+,31+,32+,33-,36-,37-,44?/m1/s1. The van der Waals surface area contributed by atoms with E-state index in [1.807, 2.05) is 24.3 Å². The Balaban J connectivity index is 1.13. The molecule has 5 rings (SSSR count). The molecule has 0 aromatic heterocycles. The zero-order valence-corrected chi connectivity index (χ0v) is 29.2. The molecule has 1 aromatic rings. The molecule has 4 aliphatic carbocycles. The van der Waals surface area contributed by atoms with Gasteiger partial charge in [0, 0.05) is 6.54 Å². The number of amides is 2. The van der Waals surface area contributed by atoms with Gasteiger partial charge in [0.25, 0.3) is 0 Å². The molecular formula is C37H60N2O4S. The van der Waals surface area contributed by atoms with Crippen LogP contribution in [0.15, 0.2) is 29.2 Å². The highest BCUT2D eigenvalue weighted by Gasteiger charge is 2.64. The normalized spacial score (nSPS) is 39.9. The summed E-state index contributed by atoms with van der Waals surface area (Å²) in [6.45, 7) is 16.7. The van der Waals surface area contributed by atoms with Crippen molar-refractivity contribution in [2.45, 2.75) is 135 Å². The molecule has 1 unspecified atom stereocenters. The Morgan fingerprint density at radius 2 is 1.68 bits per heavy atom. The molecule has 4 aliphatic rings. The van der Waals surface area contributed by atoms with Crippen LogP contribution in [0, 0.1) is 52.3 Å². The molecule has 0 aliphatic heterocycles. The van der Waals surface area contributed by atoms with Crippen LogP contribution in [0.5, 0.6) is 0 Å². The highest BCUT2D eigenvalue weighted by atomic mass is 32.2. The summed E-state index contributed by atoms with van der Waals surface area (Å²) in [5.74, 6) is 3.43. The molecule has 4 fully saturated rings. The largest absolute Gasteiger partial charge is 0.588 e. The van der Waals surface area contributed by atoms with Gasteiger partial charge in [-0.1, -0.05) is 67.0 Å². The van der Waals surface area contributed by atoms with Crippen LogP contribution in [0.2, 0.25) is 0 Å². The van der Waals surface area contributed by atoms with Gasteiger partial charge in [-0.05, 0) is 133 Å². The lowest BCUT2D eigenvalue weighted by Gasteiger charge is -2.64. The molecule has 0 saturated heterocycles. The number of hydrogen-bond acceptors (Lipinski definition) is 4. The van der Waals surface area contributed by atoms with Gasteiger partial charge in [-0.2, -0.15) is 0 Å². The van der Waals surface area contributed by atoms with Crippen molar-refractivity contribution in [3.05, 3.63) is 29.8 Å². The molecule has 0 radical (unpaired) electrons. The van der Waals surface area contributed by atoms with Crippen molar-refractivity contribution in [3.63, 3.8) is 0 Å². The number of nitrogens with one attached hydrogen (secondary N) is 2. The lowest BCUT2D eigenvalue weighted by atomic mass is 9.41. The zero-order chi connectivity index (χ0) is 32.0. The van der Waals surface area contributed by atoms with Crippen LogP contribution < -0.4 is 10.0 Å². The number of hydrogen-bond donors (Lipinski definition) is 4. The highest BCUT2D eigenvalue weighted by Crippen LogP contribution is 2.69. The Labute approximate surface area is 270 Å². The molecule has 0 bridgehead atoms. The summed E-state index contributed by atoms with van der Waals surface area (Å²) >= 11 is -1.59. The molecular weight excluding hydrogens is 568 g/mol. The molecule has 12 atom stereocenters. The second kappa shape index (κ2) is 13.1. The van der Waals surface area contributed by atoms with Gasteiger partial charge in [0.1, 0.15) is 11.4 Å². The number of aliphatic hydroxyl groups is 2. The van der Waals surface area contributed by atoms with Crippen molar-refractivity contribution in [2.75, 3.05) is 6.54 Å². The molecule has 1 aromatic carbocycles. The van der Waals surface area contributed by atoms with E-state index in [-0.39, 0.29) is 34.5 Å². The summed E-state index contributed by atoms with van der Waals surface area (Å²) in [7, 11) is 0. The van der Waals surface area contributed by atoms with Gasteiger partial charge in [0.05, 0.1) is 12.2 Å². The van der Waals surface area contributed by atoms with Crippen molar-refractivity contribution < 1.29 is 19.6 Å². The summed E-state index contributed by atoms with van der Waals surface area (Å²) in [6, 6.07) is 7.22. The van der Waals surface area contributed by atoms with Crippen LogP contribution in [0.25, 0.3) is 0 Å². The van der Waals surface area contributed by atoms with Crippen LogP contribution in [0.1, 0.15) is 118 Å². The van der Waals surface area contributed by atoms with E-state index in [1.165, 1.54) is 31.2 Å². The number of rotatable bonds is 8. The zero-order valence-electron chi connectivity index (χ0n) is 28.4. The maximum atomic E-state index is 12.7. The van der Waals surface area contributed by atoms with Gasteiger partial charge in [-0.25, -0.2) is 4.79 Å². The van der Waals surface area contributed by atoms with Crippen LogP contribution in [-0.4, -0.2) is 39.5 Å². The molecule has 44 heavy (non-hydrogen) atoms. The Kier molecular flexibility index (Phi) is 10.1. The summed E-state index contributed by atoms with van der Waals surface area (Å²) < 4.78 is 15.3. The van der Waals surface area contributed by atoms with Gasteiger partial charge < -0.3 is 20.1 Å². The lowest BCUT2D eigenvalue weighted by Crippen LogP contribution is -2.62. The Morgan fingerprint density at radius 3 is 2.34 bits per heavy atom. The van der Waals surface area contributed by atoms with Gasteiger partial charge >= 0.3 is 6.03 Å². The quantitative estimate of drug-likeness (QED) is 0.178. The second-order valence-corrected chi connectivity index (χ2v) is 17.9. The maximum Gasteiger partial charge on any atom is 0.356 e. The maximum absolute atomic E-state index is 12.7. The summed E-state index contributed by atoms with van der Waals surface area (Å²) in [5.41, 5.74) is 1.68. The van der Waals surface area contributed by atoms with E-state index in [0.717, 1.165) is 38.5 Å². The minimum Gasteiger partial charge on any atom is -0.588 e. The fraction of sp³-hybridized carbons (Fsp3) is 0.811. The smallest absolute Gasteiger partial charge is 0.356 e. The topological polar surface area (TPSA) is 105 Å². The van der Waals surface area contributed by atoms with E-state index in [1.54, 1.807) is 0 Å². The third kappa shape index (κ3) is 6.33. The minimum absolute atomic E-state index is 0.0235. The number of fused-ring (bicyclic) bond motifs is 5. The van der Waals surface area contributed by atoms with E-state index in [9.17, 15) is 19.6 Å². The molecule has 6 nitrogen and oxygen atoms in total. The third-order valence-electron chi connectivity index (χ3n) is 13.4. The lowest BCUT2D eigenvalue weighted by molar-refractivity contribution is -0.203. The van der Waals surface area contributed by atoms with E-state index in [0.29, 0.717) is 52.9 Å². The minimum atomic E-state index is -1.59. The molecule has 0 spiro atoms. The van der Waals surface area contributed by atoms with Crippen molar-refractivity contribution >= 4 is 17.4 Å². The highest BCUT2D eigenvalue weighted by molar-refractivity contribution is 7.90. The first-order valence-electron chi connectivity index (χ1n) is 17.6. The molecule has 4 N–H and O–H groups in total. The average Bonchev–Trinajstić information content (AvgIpc) is 3.33. The SMILES string of the molecule is CC[C@H]1[C@@H](O)[C@@H]2[C@H](CC[C@]3(C)[C@@H]([C@H](C)CCCNC(=O)N[S+]([O-])c4ccc(C(C)(C)C)cc4)CC[C@@H]23)[C@@]2(C)CC[C@@H](O)C[C@@H]12. The Morgan fingerprint density at radius 1 is 1.02 bits per heavy atom. The molecule has 2 amide bonds. The van der Waals surface area contributed by atoms with E-state index >= 15 is 0 Å². The van der Waals surface area contributed by atoms with Crippen LogP contribution >= 0.6 is 0 Å². The van der Waals surface area contributed by atoms with E-state index in [4.69, 9.17) is 0 Å². The first-order chi connectivity index (χ1) is 20.7. The fourth-order valence-corrected chi connectivity index (χ4v) is 11.8. The van der Waals surface area contributed by atoms with Crippen LogP contribution in [0.4, 0.5) is 4.79 Å². The molecule has 248 valence electrons. The van der Waals surface area contributed by atoms with Crippen LogP contribution in [-0.2, 0) is 16.8 Å². The fourth-order valence-electron chi connectivity index (χ4n) is 11.0. The molecule has 7 heteroatoms. The second-order valence-electron chi connectivity index (χ2n) is 16.6. The number of benzene rings is 1. The Hall–Kier alpha value is -1.28. The first kappa shape index (κ1) is 34.1. The summed E-state index contributed by atoms with van der Waals surface area (Å²) in [5, 5.41) is 25.4. The van der Waals surface area contributed by atoms with Gasteiger partial charge in [-0.15, -0.1) is 4.72 Å². The number of urea groups is 1. The van der Waals surface area contributed by atoms with E-state index in [2.05, 4.69) is 58.5 Å². The molecule has 0 heterocycles. The predicted octanol–water partition coefficient (Wildman–Crippen LogP) is 7.35. The van der Waals surface area contributed by atoms with Gasteiger partial charge in [0.15, 0.2) is 4.90 Å². The number of carbonyl (C=O) groups excluding carboxylic acids is 1. The van der Waals surface area contributed by atoms with Crippen molar-refractivity contribution in [1.29, 1.82) is 0 Å². The van der Waals surface area contributed by atoms with E-state index < -0.39 is 11.4 Å². The van der Waals surface area contributed by atoms with Gasteiger partial charge in [0.2, 0.25) is 0 Å².